The highest BCUT2D eigenvalue weighted by atomic mass is 32.2. The van der Waals surface area contributed by atoms with Crippen LogP contribution in [0, 0.1) is 6.92 Å². The number of para-hydroxylation sites is 1. The molecule has 3 rings (SSSR count). The Bertz CT molecular complexity index is 1010. The molecular weight excluding hydrogens is 378 g/mol. The first-order valence-corrected chi connectivity index (χ1v) is 10.1. The Morgan fingerprint density at radius 2 is 2.00 bits per heavy atom. The van der Waals surface area contributed by atoms with Gasteiger partial charge in [-0.3, -0.25) is 14.3 Å². The van der Waals surface area contributed by atoms with E-state index in [1.807, 2.05) is 44.3 Å². The molecule has 28 heavy (non-hydrogen) atoms. The Hall–Kier alpha value is -2.88. The third-order valence-electron chi connectivity index (χ3n) is 4.36. The fourth-order valence-electron chi connectivity index (χ4n) is 2.79. The second-order valence-corrected chi connectivity index (χ2v) is 7.22. The maximum atomic E-state index is 13.1. The van der Waals surface area contributed by atoms with Gasteiger partial charge in [-0.2, -0.15) is 4.68 Å². The smallest absolute Gasteiger partial charge is 0.297 e. The van der Waals surface area contributed by atoms with E-state index in [4.69, 9.17) is 0 Å². The molecule has 0 spiro atoms. The van der Waals surface area contributed by atoms with Gasteiger partial charge in [-0.25, -0.2) is 4.68 Å². The van der Waals surface area contributed by atoms with Crippen molar-refractivity contribution in [1.29, 1.82) is 0 Å². The minimum atomic E-state index is -0.229. The summed E-state index contributed by atoms with van der Waals surface area (Å²) in [5.41, 5.74) is 1.61. The van der Waals surface area contributed by atoms with Crippen LogP contribution < -0.4 is 10.9 Å². The van der Waals surface area contributed by atoms with Crippen molar-refractivity contribution in [3.05, 3.63) is 46.4 Å². The lowest BCUT2D eigenvalue weighted by Gasteiger charge is -2.07. The molecule has 0 fully saturated rings. The average molecular weight is 401 g/mol. The van der Waals surface area contributed by atoms with E-state index in [0.29, 0.717) is 17.4 Å². The second kappa shape index (κ2) is 8.87. The molecule has 0 atom stereocenters. The van der Waals surface area contributed by atoms with Gasteiger partial charge in [0.1, 0.15) is 0 Å². The van der Waals surface area contributed by atoms with Crippen molar-refractivity contribution < 1.29 is 4.79 Å². The fraction of sp³-hybridized carbons (Fsp3) is 0.389. The van der Waals surface area contributed by atoms with Gasteiger partial charge in [0, 0.05) is 13.6 Å². The Morgan fingerprint density at radius 3 is 2.71 bits per heavy atom. The van der Waals surface area contributed by atoms with Crippen LogP contribution in [0.1, 0.15) is 25.5 Å². The summed E-state index contributed by atoms with van der Waals surface area (Å²) in [7, 11) is 1.81. The Balaban J connectivity index is 1.87. The molecule has 0 saturated heterocycles. The van der Waals surface area contributed by atoms with E-state index in [1.165, 1.54) is 16.4 Å². The molecule has 3 aromatic rings. The highest BCUT2D eigenvalue weighted by molar-refractivity contribution is 7.99. The number of carbonyl (C=O) groups excluding carboxylic acids is 1. The molecule has 0 aliphatic carbocycles. The van der Waals surface area contributed by atoms with E-state index in [1.54, 1.807) is 9.36 Å². The van der Waals surface area contributed by atoms with Gasteiger partial charge in [0.25, 0.3) is 5.56 Å². The van der Waals surface area contributed by atoms with Gasteiger partial charge in [-0.05, 0) is 35.9 Å². The van der Waals surface area contributed by atoms with Crippen molar-refractivity contribution in [2.45, 2.75) is 31.8 Å². The van der Waals surface area contributed by atoms with E-state index in [0.717, 1.165) is 24.2 Å². The van der Waals surface area contributed by atoms with Gasteiger partial charge in [0.05, 0.1) is 17.1 Å². The van der Waals surface area contributed by atoms with Crippen LogP contribution >= 0.6 is 11.8 Å². The summed E-state index contributed by atoms with van der Waals surface area (Å²) in [6.45, 7) is 4.56. The third-order valence-corrected chi connectivity index (χ3v) is 5.28. The average Bonchev–Trinajstić information content (AvgIpc) is 3.23. The molecule has 1 amide bonds. The van der Waals surface area contributed by atoms with Gasteiger partial charge in [-0.15, -0.1) is 5.10 Å². The van der Waals surface area contributed by atoms with Gasteiger partial charge in [0.2, 0.25) is 11.1 Å². The molecule has 2 aromatic heterocycles. The van der Waals surface area contributed by atoms with Gasteiger partial charge in [-0.1, -0.05) is 43.3 Å². The molecule has 10 heteroatoms. The maximum absolute atomic E-state index is 13.1. The molecule has 0 saturated carbocycles. The van der Waals surface area contributed by atoms with Crippen molar-refractivity contribution in [2.75, 3.05) is 12.3 Å². The highest BCUT2D eigenvalue weighted by Gasteiger charge is 2.22. The number of nitrogens with zero attached hydrogens (tertiary/aromatic N) is 6. The zero-order valence-electron chi connectivity index (χ0n) is 16.1. The van der Waals surface area contributed by atoms with Crippen LogP contribution in [0.3, 0.4) is 0 Å². The van der Waals surface area contributed by atoms with Crippen molar-refractivity contribution in [2.24, 2.45) is 7.05 Å². The van der Waals surface area contributed by atoms with Crippen LogP contribution in [0.5, 0.6) is 0 Å². The van der Waals surface area contributed by atoms with Gasteiger partial charge < -0.3 is 5.32 Å². The number of rotatable bonds is 8. The van der Waals surface area contributed by atoms with Crippen LogP contribution in [0.25, 0.3) is 11.4 Å². The van der Waals surface area contributed by atoms with Crippen LogP contribution in [0.4, 0.5) is 0 Å². The molecule has 148 valence electrons. The van der Waals surface area contributed by atoms with Crippen LogP contribution in [-0.4, -0.2) is 47.8 Å². The van der Waals surface area contributed by atoms with Crippen LogP contribution in [-0.2, 0) is 11.8 Å². The first kappa shape index (κ1) is 19.9. The summed E-state index contributed by atoms with van der Waals surface area (Å²) in [6, 6.07) is 9.37. The number of aromatic nitrogens is 6. The minimum absolute atomic E-state index is 0.0838. The normalized spacial score (nSPS) is 11.0. The predicted octanol–water partition coefficient (Wildman–Crippen LogP) is 1.47. The number of tetrazole rings is 1. The zero-order valence-corrected chi connectivity index (χ0v) is 16.9. The SMILES string of the molecule is CCCCNC(=O)CSc1nnnn1-c1c(C)n(C)n(-c2ccccc2)c1=O. The lowest BCUT2D eigenvalue weighted by atomic mass is 10.3. The van der Waals surface area contributed by atoms with Crippen molar-refractivity contribution >= 4 is 17.7 Å². The highest BCUT2D eigenvalue weighted by Crippen LogP contribution is 2.19. The maximum Gasteiger partial charge on any atom is 0.297 e. The Morgan fingerprint density at radius 1 is 1.25 bits per heavy atom. The summed E-state index contributed by atoms with van der Waals surface area (Å²) in [6.07, 6.45) is 1.96. The molecule has 0 unspecified atom stereocenters. The summed E-state index contributed by atoms with van der Waals surface area (Å²) in [4.78, 5) is 25.1. The number of hydrogen-bond donors (Lipinski definition) is 1. The lowest BCUT2D eigenvalue weighted by molar-refractivity contribution is -0.118. The van der Waals surface area contributed by atoms with Crippen molar-refractivity contribution in [3.8, 4) is 11.4 Å². The molecule has 0 bridgehead atoms. The van der Waals surface area contributed by atoms with Crippen molar-refractivity contribution in [1.82, 2.24) is 34.9 Å². The standard InChI is InChI=1S/C18H23N7O2S/c1-4-5-11-19-15(26)12-28-18-20-21-22-24(18)16-13(2)23(3)25(17(16)27)14-9-7-6-8-10-14/h6-10H,4-5,11-12H2,1-3H3,(H,19,26). The monoisotopic (exact) mass is 401 g/mol. The first-order chi connectivity index (χ1) is 13.5. The number of thioether (sulfide) groups is 1. The number of carbonyl (C=O) groups is 1. The molecule has 0 aliphatic rings. The minimum Gasteiger partial charge on any atom is -0.355 e. The van der Waals surface area contributed by atoms with E-state index in [2.05, 4.69) is 27.8 Å². The molecule has 0 radical (unpaired) electrons. The molecule has 0 aliphatic heterocycles. The van der Waals surface area contributed by atoms with E-state index >= 15 is 0 Å². The molecule has 1 N–H and O–H groups in total. The second-order valence-electron chi connectivity index (χ2n) is 6.28. The number of amides is 1. The fourth-order valence-corrected chi connectivity index (χ4v) is 3.50. The van der Waals surface area contributed by atoms with E-state index in [-0.39, 0.29) is 17.2 Å². The molecule has 1 aromatic carbocycles. The summed E-state index contributed by atoms with van der Waals surface area (Å²) in [5, 5.41) is 14.9. The van der Waals surface area contributed by atoms with Gasteiger partial charge in [0.15, 0.2) is 5.69 Å². The summed E-state index contributed by atoms with van der Waals surface area (Å²) in [5.74, 6) is 0.0996. The van der Waals surface area contributed by atoms with E-state index in [9.17, 15) is 9.59 Å². The summed E-state index contributed by atoms with van der Waals surface area (Å²) < 4.78 is 4.74. The summed E-state index contributed by atoms with van der Waals surface area (Å²) >= 11 is 1.20. The number of hydrogen-bond acceptors (Lipinski definition) is 6. The first-order valence-electron chi connectivity index (χ1n) is 9.06. The number of nitrogens with one attached hydrogen (secondary N) is 1. The molecular formula is C18H23N7O2S. The number of unbranched alkanes of at least 4 members (excludes halogenated alkanes) is 1. The third kappa shape index (κ3) is 4.01. The molecule has 2 heterocycles. The van der Waals surface area contributed by atoms with Crippen molar-refractivity contribution in [3.63, 3.8) is 0 Å². The predicted molar refractivity (Wildman–Crippen MR) is 107 cm³/mol. The zero-order chi connectivity index (χ0) is 20.1. The quantitative estimate of drug-likeness (QED) is 0.453. The van der Waals surface area contributed by atoms with Crippen LogP contribution in [0.15, 0.2) is 40.3 Å². The number of benzene rings is 1. The Kier molecular flexibility index (Phi) is 6.30. The van der Waals surface area contributed by atoms with E-state index < -0.39 is 0 Å². The molecule has 9 nitrogen and oxygen atoms in total. The lowest BCUT2D eigenvalue weighted by Crippen LogP contribution is -2.26. The largest absolute Gasteiger partial charge is 0.355 e. The van der Waals surface area contributed by atoms with Gasteiger partial charge >= 0.3 is 0 Å². The Labute approximate surface area is 166 Å². The van der Waals surface area contributed by atoms with Crippen LogP contribution in [0.2, 0.25) is 0 Å². The topological polar surface area (TPSA) is 99.6 Å².